The molecular weight excluding hydrogens is 397 g/mol. The highest BCUT2D eigenvalue weighted by Gasteiger charge is 2.27. The Balaban J connectivity index is 0.00000196. The molecule has 2 aromatic heterocycles. The molecule has 0 aromatic carbocycles. The predicted octanol–water partition coefficient (Wildman–Crippen LogP) is 3.90. The maximum Gasteiger partial charge on any atom is 0.254 e. The lowest BCUT2D eigenvalue weighted by atomic mass is 10.0. The minimum Gasteiger partial charge on any atom is -0.337 e. The average molecular weight is 430 g/mol. The molecule has 8 heteroatoms. The van der Waals surface area contributed by atoms with Gasteiger partial charge in [-0.1, -0.05) is 13.8 Å². The van der Waals surface area contributed by atoms with Crippen LogP contribution in [0.3, 0.4) is 0 Å². The number of halogens is 2. The Kier molecular flexibility index (Phi) is 8.30. The lowest BCUT2D eigenvalue weighted by molar-refractivity contribution is 0.0768. The van der Waals surface area contributed by atoms with E-state index in [0.29, 0.717) is 0 Å². The number of nitrogens with zero attached hydrogens (tertiary/aromatic N) is 4. The number of hydrogen-bond donors (Lipinski definition) is 1. The minimum absolute atomic E-state index is 0. The third kappa shape index (κ3) is 4.78. The van der Waals surface area contributed by atoms with E-state index in [1.165, 1.54) is 0 Å². The quantitative estimate of drug-likeness (QED) is 0.785. The zero-order valence-corrected chi connectivity index (χ0v) is 19.3. The fourth-order valence-corrected chi connectivity index (χ4v) is 3.46. The smallest absolute Gasteiger partial charge is 0.254 e. The van der Waals surface area contributed by atoms with E-state index in [-0.39, 0.29) is 42.2 Å². The molecule has 0 radical (unpaired) electrons. The van der Waals surface area contributed by atoms with Crippen molar-refractivity contribution < 1.29 is 4.79 Å². The van der Waals surface area contributed by atoms with Gasteiger partial charge in [-0.3, -0.25) is 4.79 Å². The second-order valence-electron chi connectivity index (χ2n) is 8.51. The Labute approximate surface area is 180 Å². The monoisotopic (exact) mass is 429 g/mol. The van der Waals surface area contributed by atoms with Gasteiger partial charge in [0.1, 0.15) is 0 Å². The highest BCUT2D eigenvalue weighted by molar-refractivity contribution is 6.06. The van der Waals surface area contributed by atoms with Crippen LogP contribution in [0.5, 0.6) is 0 Å². The van der Waals surface area contributed by atoms with Crippen LogP contribution < -0.4 is 5.32 Å². The van der Waals surface area contributed by atoms with Crippen molar-refractivity contribution in [2.75, 3.05) is 26.2 Å². The summed E-state index contributed by atoms with van der Waals surface area (Å²) in [7, 11) is 0. The molecule has 3 rings (SSSR count). The number of aromatic nitrogens is 3. The summed E-state index contributed by atoms with van der Waals surface area (Å²) in [5.74, 6) is 0.347. The van der Waals surface area contributed by atoms with Crippen LogP contribution in [0.1, 0.15) is 68.7 Å². The van der Waals surface area contributed by atoms with Gasteiger partial charge in [-0.2, -0.15) is 5.10 Å². The van der Waals surface area contributed by atoms with Crippen molar-refractivity contribution >= 4 is 41.8 Å². The first-order valence-electron chi connectivity index (χ1n) is 9.61. The van der Waals surface area contributed by atoms with Crippen LogP contribution in [0, 0.1) is 6.92 Å². The molecule has 1 amide bonds. The van der Waals surface area contributed by atoms with Crippen molar-refractivity contribution in [1.29, 1.82) is 0 Å². The van der Waals surface area contributed by atoms with Crippen LogP contribution in [-0.2, 0) is 5.54 Å². The number of aryl methyl sites for hydroxylation is 1. The van der Waals surface area contributed by atoms with E-state index in [1.54, 1.807) is 0 Å². The summed E-state index contributed by atoms with van der Waals surface area (Å²) < 4.78 is 1.96. The van der Waals surface area contributed by atoms with Crippen molar-refractivity contribution in [2.24, 2.45) is 0 Å². The van der Waals surface area contributed by atoms with Gasteiger partial charge in [0.15, 0.2) is 5.65 Å². The second-order valence-corrected chi connectivity index (χ2v) is 8.51. The highest BCUT2D eigenvalue weighted by Crippen LogP contribution is 2.29. The standard InChI is InChI=1S/C20H31N5O.2ClH/c1-13(2)16-12-15(19(26)24-10-7-8-21-9-11-24)17-14(3)23-25(18(17)22-16)20(4,5)6;;/h12-13,21H,7-11H2,1-6H3;2*1H. The van der Waals surface area contributed by atoms with E-state index in [4.69, 9.17) is 10.1 Å². The average Bonchev–Trinajstić information content (AvgIpc) is 2.75. The first-order valence-corrected chi connectivity index (χ1v) is 9.61. The van der Waals surface area contributed by atoms with Crippen LogP contribution in [0.4, 0.5) is 0 Å². The molecule has 1 aliphatic rings. The molecule has 0 spiro atoms. The molecule has 1 saturated heterocycles. The van der Waals surface area contributed by atoms with E-state index in [1.807, 2.05) is 22.6 Å². The lowest BCUT2D eigenvalue weighted by Gasteiger charge is -2.22. The summed E-state index contributed by atoms with van der Waals surface area (Å²) in [6.45, 7) is 15.9. The van der Waals surface area contributed by atoms with E-state index >= 15 is 0 Å². The molecule has 6 nitrogen and oxygen atoms in total. The van der Waals surface area contributed by atoms with Crippen LogP contribution in [0.25, 0.3) is 11.0 Å². The topological polar surface area (TPSA) is 63.1 Å². The molecule has 0 atom stereocenters. The summed E-state index contributed by atoms with van der Waals surface area (Å²) in [5.41, 5.74) is 3.18. The van der Waals surface area contributed by atoms with Gasteiger partial charge in [0, 0.05) is 25.3 Å². The lowest BCUT2D eigenvalue weighted by Crippen LogP contribution is -2.34. The summed E-state index contributed by atoms with van der Waals surface area (Å²) in [4.78, 5) is 20.2. The second kappa shape index (κ2) is 9.42. The van der Waals surface area contributed by atoms with Crippen molar-refractivity contribution in [2.45, 2.75) is 59.4 Å². The number of carbonyl (C=O) groups excluding carboxylic acids is 1. The summed E-state index contributed by atoms with van der Waals surface area (Å²) in [5, 5.41) is 9.00. The fraction of sp³-hybridized carbons (Fsp3) is 0.650. The van der Waals surface area contributed by atoms with Crippen LogP contribution in [0.2, 0.25) is 0 Å². The first-order chi connectivity index (χ1) is 12.2. The Morgan fingerprint density at radius 3 is 2.46 bits per heavy atom. The number of hydrogen-bond acceptors (Lipinski definition) is 4. The third-order valence-electron chi connectivity index (χ3n) is 4.92. The van der Waals surface area contributed by atoms with Crippen molar-refractivity contribution in [3.63, 3.8) is 0 Å². The molecule has 1 aliphatic heterocycles. The molecular formula is C20H33Cl2N5O. The van der Waals surface area contributed by atoms with Gasteiger partial charge in [-0.15, -0.1) is 24.8 Å². The Hall–Kier alpha value is -1.37. The van der Waals surface area contributed by atoms with Crippen LogP contribution in [-0.4, -0.2) is 51.8 Å². The van der Waals surface area contributed by atoms with Crippen LogP contribution in [0.15, 0.2) is 6.07 Å². The molecule has 0 aliphatic carbocycles. The van der Waals surface area contributed by atoms with Gasteiger partial charge < -0.3 is 10.2 Å². The summed E-state index contributed by atoms with van der Waals surface area (Å²) in [6.07, 6.45) is 0.983. The fourth-order valence-electron chi connectivity index (χ4n) is 3.46. The zero-order chi connectivity index (χ0) is 19.1. The molecule has 0 unspecified atom stereocenters. The number of amides is 1. The maximum absolute atomic E-state index is 13.4. The minimum atomic E-state index is -0.193. The molecule has 28 heavy (non-hydrogen) atoms. The number of pyridine rings is 1. The normalized spacial score (nSPS) is 15.2. The van der Waals surface area contributed by atoms with Gasteiger partial charge in [-0.25, -0.2) is 9.67 Å². The first kappa shape index (κ1) is 24.7. The summed E-state index contributed by atoms with van der Waals surface area (Å²) in [6, 6.07) is 1.98. The zero-order valence-electron chi connectivity index (χ0n) is 17.7. The predicted molar refractivity (Wildman–Crippen MR) is 119 cm³/mol. The molecule has 3 heterocycles. The molecule has 0 bridgehead atoms. The molecule has 0 saturated carbocycles. The van der Waals surface area contributed by atoms with Crippen molar-refractivity contribution in [3.05, 3.63) is 23.0 Å². The maximum atomic E-state index is 13.4. The number of rotatable bonds is 2. The van der Waals surface area contributed by atoms with Gasteiger partial charge in [0.25, 0.3) is 5.91 Å². The van der Waals surface area contributed by atoms with Gasteiger partial charge in [0.05, 0.1) is 22.2 Å². The third-order valence-corrected chi connectivity index (χ3v) is 4.92. The molecule has 158 valence electrons. The van der Waals surface area contributed by atoms with E-state index in [2.05, 4.69) is 39.9 Å². The SMILES string of the molecule is Cc1nn(C(C)(C)C)c2nc(C(C)C)cc(C(=O)N3CCCNCC3)c12.Cl.Cl. The van der Waals surface area contributed by atoms with Crippen molar-refractivity contribution in [1.82, 2.24) is 25.0 Å². The summed E-state index contributed by atoms with van der Waals surface area (Å²) >= 11 is 0. The van der Waals surface area contributed by atoms with Gasteiger partial charge >= 0.3 is 0 Å². The van der Waals surface area contributed by atoms with Crippen molar-refractivity contribution in [3.8, 4) is 0 Å². The van der Waals surface area contributed by atoms with E-state index in [9.17, 15) is 4.79 Å². The molecule has 1 fully saturated rings. The van der Waals surface area contributed by atoms with Gasteiger partial charge in [-0.05, 0) is 52.6 Å². The molecule has 2 aromatic rings. The van der Waals surface area contributed by atoms with Gasteiger partial charge in [0.2, 0.25) is 0 Å². The molecule has 1 N–H and O–H groups in total. The Bertz CT molecular complexity index is 818. The van der Waals surface area contributed by atoms with Crippen LogP contribution >= 0.6 is 24.8 Å². The van der Waals surface area contributed by atoms with E-state index in [0.717, 1.165) is 60.6 Å². The van der Waals surface area contributed by atoms with E-state index < -0.39 is 0 Å². The Morgan fingerprint density at radius 1 is 1.18 bits per heavy atom. The highest BCUT2D eigenvalue weighted by atomic mass is 35.5. The number of fused-ring (bicyclic) bond motifs is 1. The number of carbonyl (C=O) groups is 1. The number of nitrogens with one attached hydrogen (secondary N) is 1. The Morgan fingerprint density at radius 2 is 1.86 bits per heavy atom. The largest absolute Gasteiger partial charge is 0.337 e.